The van der Waals surface area contributed by atoms with Crippen molar-refractivity contribution in [3.63, 3.8) is 0 Å². The van der Waals surface area contributed by atoms with E-state index in [1.807, 2.05) is 30.3 Å². The maximum atomic E-state index is 11.6. The summed E-state index contributed by atoms with van der Waals surface area (Å²) in [5.41, 5.74) is 1.11. The van der Waals surface area contributed by atoms with Crippen molar-refractivity contribution in [3.8, 4) is 0 Å². The first-order chi connectivity index (χ1) is 8.15. The van der Waals surface area contributed by atoms with Gasteiger partial charge in [-0.15, -0.1) is 0 Å². The molecule has 1 aliphatic carbocycles. The van der Waals surface area contributed by atoms with Crippen LogP contribution in [0, 0.1) is 0 Å². The Labute approximate surface area is 100 Å². The lowest BCUT2D eigenvalue weighted by atomic mass is 9.86. The number of esters is 1. The van der Waals surface area contributed by atoms with Gasteiger partial charge in [0.1, 0.15) is 5.76 Å². The van der Waals surface area contributed by atoms with Crippen LogP contribution in [0.1, 0.15) is 31.2 Å². The summed E-state index contributed by atoms with van der Waals surface area (Å²) in [6.07, 6.45) is 2.52. The van der Waals surface area contributed by atoms with Crippen LogP contribution in [0.3, 0.4) is 0 Å². The van der Waals surface area contributed by atoms with E-state index in [0.29, 0.717) is 18.6 Å². The fourth-order valence-corrected chi connectivity index (χ4v) is 2.07. The molecule has 0 N–H and O–H groups in total. The smallest absolute Gasteiger partial charge is 0.307 e. The van der Waals surface area contributed by atoms with Gasteiger partial charge in [0.15, 0.2) is 5.78 Å². The van der Waals surface area contributed by atoms with E-state index in [1.54, 1.807) is 0 Å². The molecule has 1 aromatic carbocycles. The molecule has 0 spiro atoms. The van der Waals surface area contributed by atoms with E-state index < -0.39 is 0 Å². The van der Waals surface area contributed by atoms with Crippen molar-refractivity contribution in [2.45, 2.75) is 25.7 Å². The van der Waals surface area contributed by atoms with E-state index in [2.05, 4.69) is 0 Å². The van der Waals surface area contributed by atoms with Gasteiger partial charge in [0, 0.05) is 25.8 Å². The summed E-state index contributed by atoms with van der Waals surface area (Å²) in [6, 6.07) is 9.83. The minimum atomic E-state index is -0.377. The van der Waals surface area contributed by atoms with Crippen molar-refractivity contribution in [2.75, 3.05) is 0 Å². The van der Waals surface area contributed by atoms with Gasteiger partial charge < -0.3 is 4.74 Å². The average molecular weight is 230 g/mol. The van der Waals surface area contributed by atoms with Gasteiger partial charge in [-0.3, -0.25) is 9.59 Å². The minimum absolute atomic E-state index is 0.0151. The van der Waals surface area contributed by atoms with E-state index in [-0.39, 0.29) is 17.7 Å². The number of ketones is 1. The van der Waals surface area contributed by atoms with Crippen molar-refractivity contribution in [1.82, 2.24) is 0 Å². The molecular formula is C14H14O3. The molecule has 3 nitrogen and oxygen atoms in total. The molecule has 0 saturated heterocycles. The number of carbonyl (C=O) groups is 2. The quantitative estimate of drug-likeness (QED) is 0.733. The molecule has 0 amide bonds. The van der Waals surface area contributed by atoms with Gasteiger partial charge in [-0.1, -0.05) is 30.3 Å². The molecule has 1 aromatic rings. The highest BCUT2D eigenvalue weighted by molar-refractivity contribution is 5.92. The zero-order chi connectivity index (χ0) is 12.3. The van der Waals surface area contributed by atoms with Gasteiger partial charge in [0.2, 0.25) is 0 Å². The first kappa shape index (κ1) is 11.6. The molecular weight excluding hydrogens is 216 g/mol. The first-order valence-corrected chi connectivity index (χ1v) is 5.62. The molecule has 17 heavy (non-hydrogen) atoms. The Balaban J connectivity index is 2.16. The molecule has 1 atom stereocenters. The van der Waals surface area contributed by atoms with Gasteiger partial charge in [-0.2, -0.15) is 0 Å². The SMILES string of the molecule is CC(=O)OC1=CC(=O)CC(c2ccccc2)C1. The lowest BCUT2D eigenvalue weighted by Gasteiger charge is -2.21. The van der Waals surface area contributed by atoms with E-state index in [4.69, 9.17) is 4.74 Å². The predicted octanol–water partition coefficient (Wildman–Crippen LogP) is 2.58. The Morgan fingerprint density at radius 1 is 1.24 bits per heavy atom. The van der Waals surface area contributed by atoms with Crippen LogP contribution in [0.4, 0.5) is 0 Å². The molecule has 0 aliphatic heterocycles. The molecule has 88 valence electrons. The summed E-state index contributed by atoms with van der Waals surface area (Å²) < 4.78 is 5.01. The zero-order valence-corrected chi connectivity index (χ0v) is 9.68. The summed E-state index contributed by atoms with van der Waals surface area (Å²) >= 11 is 0. The van der Waals surface area contributed by atoms with Gasteiger partial charge in [-0.05, 0) is 11.5 Å². The van der Waals surface area contributed by atoms with Crippen LogP contribution in [0.5, 0.6) is 0 Å². The molecule has 0 fully saturated rings. The standard InChI is InChI=1S/C14H14O3/c1-10(15)17-14-8-12(7-13(16)9-14)11-5-3-2-4-6-11/h2-6,9,12H,7-8H2,1H3. The molecule has 0 saturated carbocycles. The molecule has 0 radical (unpaired) electrons. The van der Waals surface area contributed by atoms with Crippen LogP contribution in [0.25, 0.3) is 0 Å². The highest BCUT2D eigenvalue weighted by Gasteiger charge is 2.23. The Morgan fingerprint density at radius 3 is 2.59 bits per heavy atom. The molecule has 0 bridgehead atoms. The number of allylic oxidation sites excluding steroid dienone is 2. The molecule has 0 heterocycles. The third-order valence-electron chi connectivity index (χ3n) is 2.76. The Hall–Kier alpha value is -1.90. The summed E-state index contributed by atoms with van der Waals surface area (Å²) in [6.45, 7) is 1.34. The van der Waals surface area contributed by atoms with E-state index >= 15 is 0 Å². The van der Waals surface area contributed by atoms with Crippen molar-refractivity contribution >= 4 is 11.8 Å². The van der Waals surface area contributed by atoms with Crippen molar-refractivity contribution in [3.05, 3.63) is 47.7 Å². The third kappa shape index (κ3) is 3.03. The summed E-state index contributed by atoms with van der Waals surface area (Å²) in [5.74, 6) is 0.227. The summed E-state index contributed by atoms with van der Waals surface area (Å²) in [4.78, 5) is 22.5. The maximum Gasteiger partial charge on any atom is 0.307 e. The zero-order valence-electron chi connectivity index (χ0n) is 9.68. The second-order valence-corrected chi connectivity index (χ2v) is 4.19. The van der Waals surface area contributed by atoms with E-state index in [0.717, 1.165) is 5.56 Å². The second kappa shape index (κ2) is 4.95. The Kier molecular flexibility index (Phi) is 3.38. The van der Waals surface area contributed by atoms with Crippen LogP contribution in [-0.4, -0.2) is 11.8 Å². The molecule has 0 aromatic heterocycles. The minimum Gasteiger partial charge on any atom is -0.431 e. The molecule has 1 unspecified atom stereocenters. The van der Waals surface area contributed by atoms with Crippen LogP contribution in [-0.2, 0) is 14.3 Å². The number of hydrogen-bond donors (Lipinski definition) is 0. The summed E-state index contributed by atoms with van der Waals surface area (Å²) in [7, 11) is 0. The van der Waals surface area contributed by atoms with Crippen LogP contribution >= 0.6 is 0 Å². The van der Waals surface area contributed by atoms with Crippen molar-refractivity contribution < 1.29 is 14.3 Å². The van der Waals surface area contributed by atoms with Gasteiger partial charge in [0.25, 0.3) is 0 Å². The number of hydrogen-bond acceptors (Lipinski definition) is 3. The topological polar surface area (TPSA) is 43.4 Å². The number of benzene rings is 1. The first-order valence-electron chi connectivity index (χ1n) is 5.62. The average Bonchev–Trinajstić information content (AvgIpc) is 2.28. The lowest BCUT2D eigenvalue weighted by Crippen LogP contribution is -2.15. The fourth-order valence-electron chi connectivity index (χ4n) is 2.07. The van der Waals surface area contributed by atoms with Crippen LogP contribution < -0.4 is 0 Å². The van der Waals surface area contributed by atoms with Crippen LogP contribution in [0.2, 0.25) is 0 Å². The van der Waals surface area contributed by atoms with E-state index in [9.17, 15) is 9.59 Å². The van der Waals surface area contributed by atoms with Crippen molar-refractivity contribution in [2.24, 2.45) is 0 Å². The fraction of sp³-hybridized carbons (Fsp3) is 0.286. The number of carbonyl (C=O) groups excluding carboxylic acids is 2. The van der Waals surface area contributed by atoms with Gasteiger partial charge in [-0.25, -0.2) is 0 Å². The summed E-state index contributed by atoms with van der Waals surface area (Å²) in [5, 5.41) is 0. The maximum absolute atomic E-state index is 11.6. The number of ether oxygens (including phenoxy) is 1. The van der Waals surface area contributed by atoms with Crippen LogP contribution in [0.15, 0.2) is 42.2 Å². The largest absolute Gasteiger partial charge is 0.431 e. The van der Waals surface area contributed by atoms with Crippen molar-refractivity contribution in [1.29, 1.82) is 0 Å². The van der Waals surface area contributed by atoms with Gasteiger partial charge >= 0.3 is 5.97 Å². The van der Waals surface area contributed by atoms with Gasteiger partial charge in [0.05, 0.1) is 0 Å². The molecule has 3 heteroatoms. The Morgan fingerprint density at radius 2 is 1.94 bits per heavy atom. The monoisotopic (exact) mass is 230 g/mol. The highest BCUT2D eigenvalue weighted by Crippen LogP contribution is 2.31. The third-order valence-corrected chi connectivity index (χ3v) is 2.76. The normalized spacial score (nSPS) is 19.7. The highest BCUT2D eigenvalue weighted by atomic mass is 16.5. The predicted molar refractivity (Wildman–Crippen MR) is 63.3 cm³/mol. The number of rotatable bonds is 2. The molecule has 1 aliphatic rings. The molecule has 2 rings (SSSR count). The van der Waals surface area contributed by atoms with E-state index in [1.165, 1.54) is 13.0 Å². The lowest BCUT2D eigenvalue weighted by molar-refractivity contribution is -0.137. The second-order valence-electron chi connectivity index (χ2n) is 4.19. The Bertz CT molecular complexity index is 460.